The molecule has 0 unspecified atom stereocenters. The molecule has 2 heterocycles. The van der Waals surface area contributed by atoms with Crippen LogP contribution in [0.15, 0.2) is 17.0 Å². The van der Waals surface area contributed by atoms with E-state index in [4.69, 9.17) is 5.11 Å². The van der Waals surface area contributed by atoms with Crippen LogP contribution >= 0.6 is 22.7 Å². The number of nitrogens with zero attached hydrogens (tertiary/aromatic N) is 2. The number of rotatable bonds is 4. The second kappa shape index (κ2) is 4.37. The molecule has 0 bridgehead atoms. The molecule has 78 valence electrons. The zero-order valence-electron chi connectivity index (χ0n) is 7.51. The molecular weight excluding hydrogens is 234 g/mol. The molecule has 0 amide bonds. The lowest BCUT2D eigenvalue weighted by atomic mass is 10.3. The molecule has 0 spiro atoms. The smallest absolute Gasteiger partial charge is 0.336 e. The van der Waals surface area contributed by atoms with Gasteiger partial charge in [-0.25, -0.2) is 4.79 Å². The average molecular weight is 241 g/mol. The number of aromatic nitrogens is 2. The van der Waals surface area contributed by atoms with Crippen LogP contribution in [-0.2, 0) is 6.54 Å². The Hall–Kier alpha value is -1.47. The van der Waals surface area contributed by atoms with Crippen molar-refractivity contribution in [2.75, 3.05) is 5.32 Å². The SMILES string of the molecule is O=C(O)c1csc(CNc2nncs2)c1. The number of anilines is 1. The molecule has 2 N–H and O–H groups in total. The highest BCUT2D eigenvalue weighted by atomic mass is 32.1. The summed E-state index contributed by atoms with van der Waals surface area (Å²) in [7, 11) is 0. The van der Waals surface area contributed by atoms with Gasteiger partial charge in [-0.05, 0) is 6.07 Å². The topological polar surface area (TPSA) is 75.1 Å². The minimum atomic E-state index is -0.895. The molecule has 0 aliphatic rings. The molecule has 0 saturated carbocycles. The predicted octanol–water partition coefficient (Wildman–Crippen LogP) is 1.91. The van der Waals surface area contributed by atoms with Crippen LogP contribution in [-0.4, -0.2) is 21.3 Å². The van der Waals surface area contributed by atoms with Gasteiger partial charge in [-0.1, -0.05) is 11.3 Å². The Morgan fingerprint density at radius 1 is 1.53 bits per heavy atom. The van der Waals surface area contributed by atoms with Crippen LogP contribution in [0.1, 0.15) is 15.2 Å². The molecule has 15 heavy (non-hydrogen) atoms. The second-order valence-corrected chi connectivity index (χ2v) is 4.53. The first-order valence-corrected chi connectivity index (χ1v) is 5.82. The fourth-order valence-electron chi connectivity index (χ4n) is 0.998. The summed E-state index contributed by atoms with van der Waals surface area (Å²) in [5, 5.41) is 21.6. The Morgan fingerprint density at radius 2 is 2.40 bits per heavy atom. The van der Waals surface area contributed by atoms with Crippen LogP contribution in [0.4, 0.5) is 5.13 Å². The van der Waals surface area contributed by atoms with E-state index in [9.17, 15) is 4.79 Å². The molecule has 0 fully saturated rings. The van der Waals surface area contributed by atoms with E-state index in [2.05, 4.69) is 15.5 Å². The normalized spacial score (nSPS) is 10.1. The zero-order valence-corrected chi connectivity index (χ0v) is 9.14. The van der Waals surface area contributed by atoms with Gasteiger partial charge in [0.05, 0.1) is 12.1 Å². The van der Waals surface area contributed by atoms with E-state index in [1.165, 1.54) is 22.7 Å². The van der Waals surface area contributed by atoms with E-state index in [1.807, 2.05) is 0 Å². The number of carbonyl (C=O) groups is 1. The lowest BCUT2D eigenvalue weighted by molar-refractivity contribution is 0.0697. The van der Waals surface area contributed by atoms with Crippen molar-refractivity contribution in [1.29, 1.82) is 0 Å². The van der Waals surface area contributed by atoms with Gasteiger partial charge < -0.3 is 10.4 Å². The van der Waals surface area contributed by atoms with Crippen molar-refractivity contribution in [2.45, 2.75) is 6.54 Å². The van der Waals surface area contributed by atoms with Gasteiger partial charge in [0.2, 0.25) is 5.13 Å². The van der Waals surface area contributed by atoms with Crippen molar-refractivity contribution in [3.05, 3.63) is 27.4 Å². The molecule has 0 aliphatic carbocycles. The number of hydrogen-bond donors (Lipinski definition) is 2. The van der Waals surface area contributed by atoms with Gasteiger partial charge in [0.25, 0.3) is 0 Å². The first-order chi connectivity index (χ1) is 7.25. The van der Waals surface area contributed by atoms with Gasteiger partial charge in [0.1, 0.15) is 5.51 Å². The maximum Gasteiger partial charge on any atom is 0.336 e. The summed E-state index contributed by atoms with van der Waals surface area (Å²) in [4.78, 5) is 11.6. The molecule has 0 radical (unpaired) electrons. The third kappa shape index (κ3) is 2.51. The standard InChI is InChI=1S/C8H7N3O2S2/c12-7(13)5-1-6(14-3-5)2-9-8-11-10-4-15-8/h1,3-4H,2H2,(H,9,11)(H,12,13). The van der Waals surface area contributed by atoms with Gasteiger partial charge in [-0.3, -0.25) is 0 Å². The van der Waals surface area contributed by atoms with E-state index >= 15 is 0 Å². The van der Waals surface area contributed by atoms with Gasteiger partial charge in [0, 0.05) is 10.3 Å². The van der Waals surface area contributed by atoms with Crippen LogP contribution in [0.2, 0.25) is 0 Å². The lowest BCUT2D eigenvalue weighted by Gasteiger charge is -1.97. The van der Waals surface area contributed by atoms with E-state index in [1.54, 1.807) is 17.0 Å². The molecule has 0 saturated heterocycles. The monoisotopic (exact) mass is 241 g/mol. The van der Waals surface area contributed by atoms with E-state index in [-0.39, 0.29) is 0 Å². The van der Waals surface area contributed by atoms with Crippen LogP contribution in [0.3, 0.4) is 0 Å². The molecule has 0 aromatic carbocycles. The summed E-state index contributed by atoms with van der Waals surface area (Å²) in [6.45, 7) is 0.577. The first kappa shape index (κ1) is 10.1. The first-order valence-electron chi connectivity index (χ1n) is 4.06. The second-order valence-electron chi connectivity index (χ2n) is 2.70. The van der Waals surface area contributed by atoms with E-state index in [0.29, 0.717) is 12.1 Å². The molecule has 0 aliphatic heterocycles. The minimum absolute atomic E-state index is 0.328. The number of nitrogens with one attached hydrogen (secondary N) is 1. The third-order valence-corrected chi connectivity index (χ3v) is 3.26. The van der Waals surface area contributed by atoms with E-state index in [0.717, 1.165) is 10.0 Å². The highest BCUT2D eigenvalue weighted by molar-refractivity contribution is 7.13. The quantitative estimate of drug-likeness (QED) is 0.855. The largest absolute Gasteiger partial charge is 0.478 e. The van der Waals surface area contributed by atoms with Gasteiger partial charge in [-0.2, -0.15) is 0 Å². The molecule has 5 nitrogen and oxygen atoms in total. The molecule has 2 aromatic heterocycles. The Kier molecular flexibility index (Phi) is 2.93. The summed E-state index contributed by atoms with van der Waals surface area (Å²) >= 11 is 2.82. The van der Waals surface area contributed by atoms with Crippen LogP contribution < -0.4 is 5.32 Å². The number of hydrogen-bond acceptors (Lipinski definition) is 6. The fourth-order valence-corrected chi connectivity index (χ4v) is 2.24. The van der Waals surface area contributed by atoms with Crippen LogP contribution in [0.5, 0.6) is 0 Å². The van der Waals surface area contributed by atoms with Crippen molar-refractivity contribution in [3.63, 3.8) is 0 Å². The van der Waals surface area contributed by atoms with Gasteiger partial charge in [0.15, 0.2) is 0 Å². The Bertz CT molecular complexity index is 452. The molecule has 0 atom stereocenters. The Labute approximate surface area is 93.4 Å². The maximum absolute atomic E-state index is 10.6. The van der Waals surface area contributed by atoms with Gasteiger partial charge >= 0.3 is 5.97 Å². The molecule has 2 aromatic rings. The van der Waals surface area contributed by atoms with Crippen molar-refractivity contribution in [1.82, 2.24) is 10.2 Å². The molecular formula is C8H7N3O2S2. The number of carboxylic acid groups (broad SMARTS) is 1. The third-order valence-electron chi connectivity index (χ3n) is 1.67. The maximum atomic E-state index is 10.6. The van der Waals surface area contributed by atoms with Gasteiger partial charge in [-0.15, -0.1) is 21.5 Å². The highest BCUT2D eigenvalue weighted by Crippen LogP contribution is 2.17. The summed E-state index contributed by atoms with van der Waals surface area (Å²) in [5.74, 6) is -0.895. The Balaban J connectivity index is 1.96. The highest BCUT2D eigenvalue weighted by Gasteiger charge is 2.06. The molecule has 7 heteroatoms. The molecule has 2 rings (SSSR count). The predicted molar refractivity (Wildman–Crippen MR) is 58.5 cm³/mol. The fraction of sp³-hybridized carbons (Fsp3) is 0.125. The van der Waals surface area contributed by atoms with Crippen molar-refractivity contribution in [2.24, 2.45) is 0 Å². The summed E-state index contributed by atoms with van der Waals surface area (Å²) < 4.78 is 0. The van der Waals surface area contributed by atoms with Crippen molar-refractivity contribution >= 4 is 33.8 Å². The summed E-state index contributed by atoms with van der Waals surface area (Å²) in [5.41, 5.74) is 1.97. The summed E-state index contributed by atoms with van der Waals surface area (Å²) in [6.07, 6.45) is 0. The average Bonchev–Trinajstić information content (AvgIpc) is 2.86. The van der Waals surface area contributed by atoms with Crippen LogP contribution in [0.25, 0.3) is 0 Å². The van der Waals surface area contributed by atoms with Crippen molar-refractivity contribution < 1.29 is 9.90 Å². The number of thiophene rings is 1. The van der Waals surface area contributed by atoms with Crippen molar-refractivity contribution in [3.8, 4) is 0 Å². The van der Waals surface area contributed by atoms with Crippen LogP contribution in [0, 0.1) is 0 Å². The number of aromatic carboxylic acids is 1. The zero-order chi connectivity index (χ0) is 10.7. The Morgan fingerprint density at radius 3 is 3.00 bits per heavy atom. The summed E-state index contributed by atoms with van der Waals surface area (Å²) in [6, 6.07) is 1.65. The lowest BCUT2D eigenvalue weighted by Crippen LogP contribution is -1.97. The number of carboxylic acids is 1. The van der Waals surface area contributed by atoms with E-state index < -0.39 is 5.97 Å². The minimum Gasteiger partial charge on any atom is -0.478 e.